The highest BCUT2D eigenvalue weighted by molar-refractivity contribution is 6.32. The summed E-state index contributed by atoms with van der Waals surface area (Å²) < 4.78 is 38.5. The van der Waals surface area contributed by atoms with Gasteiger partial charge in [-0.05, 0) is 30.7 Å². The van der Waals surface area contributed by atoms with E-state index in [4.69, 9.17) is 17.3 Å². The van der Waals surface area contributed by atoms with Crippen molar-refractivity contribution in [3.8, 4) is 5.69 Å². The highest BCUT2D eigenvalue weighted by Gasteiger charge is 2.33. The maximum absolute atomic E-state index is 12.5. The molecule has 0 fully saturated rings. The molecule has 102 valence electrons. The van der Waals surface area contributed by atoms with Gasteiger partial charge >= 0.3 is 6.18 Å². The van der Waals surface area contributed by atoms with Gasteiger partial charge in [0.15, 0.2) is 5.69 Å². The van der Waals surface area contributed by atoms with Crippen molar-refractivity contribution < 1.29 is 13.2 Å². The molecule has 0 aliphatic rings. The molecule has 19 heavy (non-hydrogen) atoms. The predicted molar refractivity (Wildman–Crippen MR) is 66.2 cm³/mol. The van der Waals surface area contributed by atoms with Crippen LogP contribution in [0.25, 0.3) is 5.69 Å². The SMILES string of the molecule is C[C@@H](N)c1ccc(-n2ccc(C(F)(F)F)n2)c(Cl)c1. The Hall–Kier alpha value is -1.53. The lowest BCUT2D eigenvalue weighted by Crippen LogP contribution is -2.08. The predicted octanol–water partition coefficient (Wildman–Crippen LogP) is 3.56. The fourth-order valence-electron chi connectivity index (χ4n) is 1.60. The highest BCUT2D eigenvalue weighted by Crippen LogP contribution is 2.29. The topological polar surface area (TPSA) is 43.8 Å². The minimum atomic E-state index is -4.47. The van der Waals surface area contributed by atoms with Gasteiger partial charge in [0.2, 0.25) is 0 Å². The molecule has 2 rings (SSSR count). The summed E-state index contributed by atoms with van der Waals surface area (Å²) >= 11 is 6.03. The van der Waals surface area contributed by atoms with Crippen LogP contribution in [0.3, 0.4) is 0 Å². The van der Waals surface area contributed by atoms with E-state index in [1.165, 1.54) is 6.20 Å². The van der Waals surface area contributed by atoms with Crippen LogP contribution in [0.5, 0.6) is 0 Å². The molecule has 0 unspecified atom stereocenters. The van der Waals surface area contributed by atoms with Gasteiger partial charge in [-0.1, -0.05) is 17.7 Å². The van der Waals surface area contributed by atoms with Crippen molar-refractivity contribution in [3.05, 3.63) is 46.7 Å². The van der Waals surface area contributed by atoms with Gasteiger partial charge in [0, 0.05) is 12.2 Å². The average molecular weight is 290 g/mol. The Morgan fingerprint density at radius 2 is 2.00 bits per heavy atom. The molecule has 2 N–H and O–H groups in total. The Morgan fingerprint density at radius 1 is 1.32 bits per heavy atom. The first kappa shape index (κ1) is 13.9. The van der Waals surface area contributed by atoms with E-state index in [0.717, 1.165) is 16.3 Å². The molecule has 0 aliphatic carbocycles. The smallest absolute Gasteiger partial charge is 0.324 e. The lowest BCUT2D eigenvalue weighted by atomic mass is 10.1. The van der Waals surface area contributed by atoms with E-state index in [1.807, 2.05) is 0 Å². The fourth-order valence-corrected chi connectivity index (χ4v) is 1.88. The quantitative estimate of drug-likeness (QED) is 0.918. The Labute approximate surface area is 112 Å². The Morgan fingerprint density at radius 3 is 2.47 bits per heavy atom. The third kappa shape index (κ3) is 2.90. The zero-order valence-electron chi connectivity index (χ0n) is 9.95. The molecule has 0 saturated carbocycles. The monoisotopic (exact) mass is 289 g/mol. The molecule has 0 aliphatic heterocycles. The van der Waals surface area contributed by atoms with Crippen molar-refractivity contribution in [2.75, 3.05) is 0 Å². The van der Waals surface area contributed by atoms with Gasteiger partial charge in [0.1, 0.15) is 0 Å². The number of aromatic nitrogens is 2. The number of alkyl halides is 3. The molecule has 3 nitrogen and oxygen atoms in total. The lowest BCUT2D eigenvalue weighted by molar-refractivity contribution is -0.141. The molecule has 2 aromatic rings. The van der Waals surface area contributed by atoms with Gasteiger partial charge in [0.25, 0.3) is 0 Å². The van der Waals surface area contributed by atoms with Gasteiger partial charge in [0.05, 0.1) is 10.7 Å². The summed E-state index contributed by atoms with van der Waals surface area (Å²) in [5.74, 6) is 0. The average Bonchev–Trinajstić information content (AvgIpc) is 2.77. The van der Waals surface area contributed by atoms with E-state index in [0.29, 0.717) is 10.7 Å². The Balaban J connectivity index is 2.40. The van der Waals surface area contributed by atoms with Crippen molar-refractivity contribution in [3.63, 3.8) is 0 Å². The zero-order valence-corrected chi connectivity index (χ0v) is 10.7. The number of nitrogens with zero attached hydrogens (tertiary/aromatic N) is 2. The van der Waals surface area contributed by atoms with Gasteiger partial charge in [-0.3, -0.25) is 0 Å². The maximum atomic E-state index is 12.5. The number of hydrogen-bond donors (Lipinski definition) is 1. The van der Waals surface area contributed by atoms with E-state index >= 15 is 0 Å². The van der Waals surface area contributed by atoms with Gasteiger partial charge in [-0.15, -0.1) is 0 Å². The standard InChI is InChI=1S/C12H11ClF3N3/c1-7(17)8-2-3-10(9(13)6-8)19-5-4-11(18-19)12(14,15)16/h2-7H,17H2,1H3/t7-/m1/s1. The van der Waals surface area contributed by atoms with Crippen molar-refractivity contribution in [1.82, 2.24) is 9.78 Å². The normalized spacial score (nSPS) is 13.6. The zero-order chi connectivity index (χ0) is 14.2. The minimum absolute atomic E-state index is 0.199. The van der Waals surface area contributed by atoms with Crippen molar-refractivity contribution in [1.29, 1.82) is 0 Å². The molecular weight excluding hydrogens is 279 g/mol. The van der Waals surface area contributed by atoms with Crippen LogP contribution in [0.2, 0.25) is 5.02 Å². The lowest BCUT2D eigenvalue weighted by Gasteiger charge is -2.09. The number of benzene rings is 1. The molecule has 1 atom stereocenters. The van der Waals surface area contributed by atoms with Crippen LogP contribution in [-0.4, -0.2) is 9.78 Å². The molecule has 0 saturated heterocycles. The number of rotatable bonds is 2. The largest absolute Gasteiger partial charge is 0.435 e. The fraction of sp³-hybridized carbons (Fsp3) is 0.250. The molecule has 0 bridgehead atoms. The summed E-state index contributed by atoms with van der Waals surface area (Å²) in [6.45, 7) is 1.79. The summed E-state index contributed by atoms with van der Waals surface area (Å²) in [6, 6.07) is 5.62. The Bertz CT molecular complexity index is 590. The van der Waals surface area contributed by atoms with E-state index in [9.17, 15) is 13.2 Å². The summed E-state index contributed by atoms with van der Waals surface area (Å²) in [7, 11) is 0. The molecule has 0 radical (unpaired) electrons. The van der Waals surface area contributed by atoms with Crippen LogP contribution >= 0.6 is 11.6 Å². The maximum Gasteiger partial charge on any atom is 0.435 e. The van der Waals surface area contributed by atoms with Crippen molar-refractivity contribution in [2.45, 2.75) is 19.1 Å². The second kappa shape index (κ2) is 4.86. The molecule has 7 heteroatoms. The van der Waals surface area contributed by atoms with Crippen molar-refractivity contribution >= 4 is 11.6 Å². The van der Waals surface area contributed by atoms with Crippen LogP contribution in [0.4, 0.5) is 13.2 Å². The van der Waals surface area contributed by atoms with E-state index in [-0.39, 0.29) is 6.04 Å². The van der Waals surface area contributed by atoms with E-state index < -0.39 is 11.9 Å². The third-order valence-electron chi connectivity index (χ3n) is 2.62. The van der Waals surface area contributed by atoms with Crippen LogP contribution in [-0.2, 0) is 6.18 Å². The highest BCUT2D eigenvalue weighted by atomic mass is 35.5. The first-order valence-corrected chi connectivity index (χ1v) is 5.85. The molecule has 0 amide bonds. The molecule has 0 spiro atoms. The number of halogens is 4. The second-order valence-corrected chi connectivity index (χ2v) is 4.55. The van der Waals surface area contributed by atoms with Crippen LogP contribution in [0.1, 0.15) is 24.2 Å². The molecule has 1 heterocycles. The van der Waals surface area contributed by atoms with E-state index in [1.54, 1.807) is 25.1 Å². The summed E-state index contributed by atoms with van der Waals surface area (Å²) in [5, 5.41) is 3.76. The van der Waals surface area contributed by atoms with E-state index in [2.05, 4.69) is 5.10 Å². The van der Waals surface area contributed by atoms with Crippen LogP contribution in [0, 0.1) is 0 Å². The van der Waals surface area contributed by atoms with Gasteiger partial charge in [-0.25, -0.2) is 4.68 Å². The first-order valence-electron chi connectivity index (χ1n) is 5.47. The molecule has 1 aromatic carbocycles. The summed E-state index contributed by atoms with van der Waals surface area (Å²) in [4.78, 5) is 0. The molecular formula is C12H11ClF3N3. The first-order chi connectivity index (χ1) is 8.79. The number of nitrogens with two attached hydrogens (primary N) is 1. The molecule has 1 aromatic heterocycles. The minimum Gasteiger partial charge on any atom is -0.324 e. The number of hydrogen-bond acceptors (Lipinski definition) is 2. The third-order valence-corrected chi connectivity index (χ3v) is 2.93. The van der Waals surface area contributed by atoms with Gasteiger partial charge in [-0.2, -0.15) is 18.3 Å². The van der Waals surface area contributed by atoms with Crippen LogP contribution < -0.4 is 5.73 Å². The van der Waals surface area contributed by atoms with Gasteiger partial charge < -0.3 is 5.73 Å². The van der Waals surface area contributed by atoms with Crippen LogP contribution in [0.15, 0.2) is 30.5 Å². The summed E-state index contributed by atoms with van der Waals surface area (Å²) in [5.41, 5.74) is 5.92. The Kier molecular flexibility index (Phi) is 3.56. The second-order valence-electron chi connectivity index (χ2n) is 4.14. The van der Waals surface area contributed by atoms with Crippen molar-refractivity contribution in [2.24, 2.45) is 5.73 Å². The summed E-state index contributed by atoms with van der Waals surface area (Å²) in [6.07, 6.45) is -3.25.